The third-order valence-electron chi connectivity index (χ3n) is 2.83. The van der Waals surface area contributed by atoms with Crippen molar-refractivity contribution >= 4 is 10.8 Å². The smallest absolute Gasteiger partial charge is 0.101 e. The number of nitrogens with zero attached hydrogens (tertiary/aromatic N) is 2. The maximum atomic E-state index is 8.93. The van der Waals surface area contributed by atoms with Crippen LogP contribution in [0.3, 0.4) is 0 Å². The van der Waals surface area contributed by atoms with E-state index in [0.717, 1.165) is 10.8 Å². The minimum Gasteiger partial charge on any atom is -0.192 e. The molecule has 0 bridgehead atoms. The predicted octanol–water partition coefficient (Wildman–Crippen LogP) is 3.20. The first-order valence-electron chi connectivity index (χ1n) is 5.01. The Kier molecular flexibility index (Phi) is 2.35. The summed E-state index contributed by atoms with van der Waals surface area (Å²) in [7, 11) is 0. The topological polar surface area (TPSA) is 47.6 Å². The lowest BCUT2D eigenvalue weighted by atomic mass is 9.98. The molecule has 2 aromatic carbocycles. The Hall–Kier alpha value is -2.32. The lowest BCUT2D eigenvalue weighted by Gasteiger charge is -2.05. The normalized spacial score (nSPS) is 9.75. The molecule has 0 aliphatic rings. The van der Waals surface area contributed by atoms with E-state index in [1.807, 2.05) is 26.0 Å². The van der Waals surface area contributed by atoms with Crippen molar-refractivity contribution in [3.8, 4) is 12.1 Å². The molecule has 16 heavy (non-hydrogen) atoms. The third-order valence-corrected chi connectivity index (χ3v) is 2.83. The van der Waals surface area contributed by atoms with Crippen molar-refractivity contribution in [2.24, 2.45) is 0 Å². The Morgan fingerprint density at radius 2 is 1.12 bits per heavy atom. The van der Waals surface area contributed by atoms with Gasteiger partial charge in [0.1, 0.15) is 12.1 Å². The molecule has 76 valence electrons. The molecule has 0 aliphatic heterocycles. The maximum Gasteiger partial charge on any atom is 0.101 e. The highest BCUT2D eigenvalue weighted by Crippen LogP contribution is 2.22. The van der Waals surface area contributed by atoms with E-state index in [-0.39, 0.29) is 0 Å². The molecule has 0 fully saturated rings. The zero-order chi connectivity index (χ0) is 11.7. The van der Waals surface area contributed by atoms with Crippen LogP contribution in [-0.4, -0.2) is 0 Å². The van der Waals surface area contributed by atoms with Gasteiger partial charge in [-0.1, -0.05) is 12.1 Å². The fraction of sp³-hybridized carbons (Fsp3) is 0.143. The fourth-order valence-corrected chi connectivity index (χ4v) is 1.76. The molecule has 0 saturated heterocycles. The molecule has 2 heteroatoms. The monoisotopic (exact) mass is 206 g/mol. The van der Waals surface area contributed by atoms with E-state index in [0.29, 0.717) is 11.1 Å². The van der Waals surface area contributed by atoms with E-state index >= 15 is 0 Å². The van der Waals surface area contributed by atoms with Crippen LogP contribution < -0.4 is 0 Å². The zero-order valence-corrected chi connectivity index (χ0v) is 9.20. The van der Waals surface area contributed by atoms with Crippen LogP contribution in [0.4, 0.5) is 0 Å². The molecule has 2 nitrogen and oxygen atoms in total. The molecule has 0 spiro atoms. The van der Waals surface area contributed by atoms with Crippen LogP contribution >= 0.6 is 0 Å². The Bertz CT molecular complexity index is 596. The van der Waals surface area contributed by atoms with E-state index in [2.05, 4.69) is 12.1 Å². The number of hydrogen-bond donors (Lipinski definition) is 0. The Morgan fingerprint density at radius 1 is 0.750 bits per heavy atom. The van der Waals surface area contributed by atoms with Crippen molar-refractivity contribution in [1.29, 1.82) is 10.5 Å². The van der Waals surface area contributed by atoms with Crippen molar-refractivity contribution in [2.45, 2.75) is 13.8 Å². The number of aryl methyl sites for hydroxylation is 2. The molecular formula is C14H10N2. The van der Waals surface area contributed by atoms with Gasteiger partial charge < -0.3 is 0 Å². The van der Waals surface area contributed by atoms with Crippen LogP contribution in [0.5, 0.6) is 0 Å². The molecular weight excluding hydrogens is 196 g/mol. The van der Waals surface area contributed by atoms with Crippen LogP contribution in [0.2, 0.25) is 0 Å². The number of hydrogen-bond acceptors (Lipinski definition) is 2. The fourth-order valence-electron chi connectivity index (χ4n) is 1.76. The van der Waals surface area contributed by atoms with Crippen LogP contribution in [0.15, 0.2) is 24.3 Å². The van der Waals surface area contributed by atoms with E-state index < -0.39 is 0 Å². The summed E-state index contributed by atoms with van der Waals surface area (Å²) in [6.07, 6.45) is 0. The Labute approximate surface area is 94.4 Å². The second kappa shape index (κ2) is 3.68. The number of nitriles is 2. The lowest BCUT2D eigenvalue weighted by molar-refractivity contribution is 1.36. The molecule has 0 amide bonds. The molecule has 0 atom stereocenters. The van der Waals surface area contributed by atoms with Crippen LogP contribution in [0.1, 0.15) is 22.3 Å². The first kappa shape index (κ1) is 10.2. The first-order chi connectivity index (χ1) is 7.65. The van der Waals surface area contributed by atoms with Gasteiger partial charge in [-0.25, -0.2) is 0 Å². The minimum absolute atomic E-state index is 0.443. The zero-order valence-electron chi connectivity index (χ0n) is 9.20. The van der Waals surface area contributed by atoms with Gasteiger partial charge in [0.05, 0.1) is 11.1 Å². The van der Waals surface area contributed by atoms with Gasteiger partial charge in [0.2, 0.25) is 0 Å². The van der Waals surface area contributed by atoms with E-state index in [9.17, 15) is 0 Å². The minimum atomic E-state index is 0.443. The summed E-state index contributed by atoms with van der Waals surface area (Å²) in [6.45, 7) is 4.08. The molecule has 0 N–H and O–H groups in total. The molecule has 0 unspecified atom stereocenters. The number of benzene rings is 2. The second-order valence-electron chi connectivity index (χ2n) is 3.91. The molecule has 0 aliphatic carbocycles. The molecule has 2 rings (SSSR count). The van der Waals surface area contributed by atoms with Gasteiger partial charge in [-0.05, 0) is 47.9 Å². The summed E-state index contributed by atoms with van der Waals surface area (Å²) in [6, 6.07) is 11.8. The molecule has 0 aromatic heterocycles. The SMILES string of the molecule is Cc1cc2cc(C#N)c(C#N)cc2cc1C. The summed E-state index contributed by atoms with van der Waals surface area (Å²) >= 11 is 0. The summed E-state index contributed by atoms with van der Waals surface area (Å²) in [5.41, 5.74) is 3.28. The summed E-state index contributed by atoms with van der Waals surface area (Å²) in [5, 5.41) is 19.9. The van der Waals surface area contributed by atoms with Gasteiger partial charge in [-0.2, -0.15) is 10.5 Å². The van der Waals surface area contributed by atoms with E-state index in [4.69, 9.17) is 10.5 Å². The second-order valence-corrected chi connectivity index (χ2v) is 3.91. The van der Waals surface area contributed by atoms with Gasteiger partial charge in [0.15, 0.2) is 0 Å². The van der Waals surface area contributed by atoms with E-state index in [1.165, 1.54) is 11.1 Å². The van der Waals surface area contributed by atoms with Gasteiger partial charge in [-0.3, -0.25) is 0 Å². The van der Waals surface area contributed by atoms with Gasteiger partial charge in [0, 0.05) is 0 Å². The highest BCUT2D eigenvalue weighted by atomic mass is 14.3. The molecule has 0 saturated carbocycles. The van der Waals surface area contributed by atoms with Gasteiger partial charge >= 0.3 is 0 Å². The third kappa shape index (κ3) is 1.51. The molecule has 0 heterocycles. The van der Waals surface area contributed by atoms with Crippen molar-refractivity contribution in [3.63, 3.8) is 0 Å². The van der Waals surface area contributed by atoms with Gasteiger partial charge in [0.25, 0.3) is 0 Å². The quantitative estimate of drug-likeness (QED) is 0.664. The lowest BCUT2D eigenvalue weighted by Crippen LogP contribution is -1.87. The van der Waals surface area contributed by atoms with Crippen molar-refractivity contribution in [2.75, 3.05) is 0 Å². The standard InChI is InChI=1S/C14H10N2/c1-9-3-11-5-13(7-15)14(8-16)6-12(11)4-10(9)2/h3-6H,1-2H3. The summed E-state index contributed by atoms with van der Waals surface area (Å²) in [4.78, 5) is 0. The van der Waals surface area contributed by atoms with Crippen LogP contribution in [0, 0.1) is 36.5 Å². The molecule has 0 radical (unpaired) electrons. The largest absolute Gasteiger partial charge is 0.192 e. The average Bonchev–Trinajstić information content (AvgIpc) is 2.29. The highest BCUT2D eigenvalue weighted by Gasteiger charge is 2.05. The summed E-state index contributed by atoms with van der Waals surface area (Å²) < 4.78 is 0. The van der Waals surface area contributed by atoms with Crippen molar-refractivity contribution in [3.05, 3.63) is 46.5 Å². The van der Waals surface area contributed by atoms with Crippen LogP contribution in [0.25, 0.3) is 10.8 Å². The molecule has 2 aromatic rings. The number of fused-ring (bicyclic) bond motifs is 1. The Morgan fingerprint density at radius 3 is 1.44 bits per heavy atom. The summed E-state index contributed by atoms with van der Waals surface area (Å²) in [5.74, 6) is 0. The first-order valence-corrected chi connectivity index (χ1v) is 5.01. The number of rotatable bonds is 0. The van der Waals surface area contributed by atoms with Gasteiger partial charge in [-0.15, -0.1) is 0 Å². The van der Waals surface area contributed by atoms with Crippen molar-refractivity contribution in [1.82, 2.24) is 0 Å². The highest BCUT2D eigenvalue weighted by molar-refractivity contribution is 5.87. The van der Waals surface area contributed by atoms with Crippen LogP contribution in [-0.2, 0) is 0 Å². The van der Waals surface area contributed by atoms with Crippen molar-refractivity contribution < 1.29 is 0 Å². The van der Waals surface area contributed by atoms with E-state index in [1.54, 1.807) is 12.1 Å². The average molecular weight is 206 g/mol. The predicted molar refractivity (Wildman–Crippen MR) is 62.9 cm³/mol. The Balaban J connectivity index is 2.86. The maximum absolute atomic E-state index is 8.93.